The van der Waals surface area contributed by atoms with Crippen molar-refractivity contribution < 1.29 is 8.78 Å². The van der Waals surface area contributed by atoms with Crippen LogP contribution < -0.4 is 0 Å². The zero-order valence-corrected chi connectivity index (χ0v) is 8.83. The minimum absolute atomic E-state index is 0.0163. The normalized spacial score (nSPS) is 23.8. The maximum atomic E-state index is 12.7. The monoisotopic (exact) mass is 207 g/mol. The summed E-state index contributed by atoms with van der Waals surface area (Å²) in [6.07, 6.45) is 2.02. The molecule has 0 amide bonds. The van der Waals surface area contributed by atoms with Gasteiger partial charge in [-0.1, -0.05) is 6.08 Å². The first-order chi connectivity index (χ1) is 6.03. The lowest BCUT2D eigenvalue weighted by Crippen LogP contribution is -2.24. The van der Waals surface area contributed by atoms with E-state index >= 15 is 0 Å². The fourth-order valence-electron chi connectivity index (χ4n) is 1.19. The van der Waals surface area contributed by atoms with Crippen molar-refractivity contribution in [3.05, 3.63) is 11.0 Å². The van der Waals surface area contributed by atoms with E-state index in [0.717, 1.165) is 0 Å². The minimum Gasteiger partial charge on any atom is -0.288 e. The second-order valence-corrected chi connectivity index (χ2v) is 4.52. The number of allylic oxidation sites excluding steroid dienone is 2. The molecule has 0 aromatic rings. The largest absolute Gasteiger partial charge is 0.288 e. The van der Waals surface area contributed by atoms with Crippen molar-refractivity contribution in [2.45, 2.75) is 26.2 Å². The number of hydrogen-bond donors (Lipinski definition) is 0. The van der Waals surface area contributed by atoms with Gasteiger partial charge in [0.05, 0.1) is 6.54 Å². The van der Waals surface area contributed by atoms with Crippen LogP contribution in [0.4, 0.5) is 8.78 Å². The lowest BCUT2D eigenvalue weighted by atomic mass is 10.3. The lowest BCUT2D eigenvalue weighted by Gasteiger charge is -2.14. The van der Waals surface area contributed by atoms with Gasteiger partial charge < -0.3 is 0 Å². The van der Waals surface area contributed by atoms with Gasteiger partial charge in [0.1, 0.15) is 0 Å². The first-order valence-corrected chi connectivity index (χ1v) is 5.38. The van der Waals surface area contributed by atoms with Crippen LogP contribution in [0.1, 0.15) is 20.3 Å². The number of alkyl halides is 2. The second-order valence-electron chi connectivity index (χ2n) is 3.33. The number of hydrogen-bond acceptors (Lipinski definition) is 2. The predicted octanol–water partition coefficient (Wildman–Crippen LogP) is 2.94. The van der Waals surface area contributed by atoms with Crippen molar-refractivity contribution in [3.8, 4) is 0 Å². The second kappa shape index (κ2) is 4.42. The standard InChI is InChI=1S/C9H15F2NS/c1-3-8(2)13-7-12-5-4-9(10,11)6-12/h3H,4-7H2,1-2H3/b8-3-. The molecule has 0 radical (unpaired) electrons. The van der Waals surface area contributed by atoms with Gasteiger partial charge >= 0.3 is 0 Å². The number of likely N-dealkylation sites (tertiary alicyclic amines) is 1. The Hall–Kier alpha value is -0.0900. The molecule has 76 valence electrons. The van der Waals surface area contributed by atoms with Gasteiger partial charge in [0.2, 0.25) is 0 Å². The summed E-state index contributed by atoms with van der Waals surface area (Å²) in [5.41, 5.74) is 0. The molecule has 4 heteroatoms. The Morgan fingerprint density at radius 1 is 1.62 bits per heavy atom. The highest BCUT2D eigenvalue weighted by Crippen LogP contribution is 2.28. The minimum atomic E-state index is -2.45. The summed E-state index contributed by atoms with van der Waals surface area (Å²) >= 11 is 1.63. The van der Waals surface area contributed by atoms with E-state index in [-0.39, 0.29) is 13.0 Å². The molecule has 0 N–H and O–H groups in total. The van der Waals surface area contributed by atoms with E-state index in [1.54, 1.807) is 16.7 Å². The van der Waals surface area contributed by atoms with Crippen LogP contribution in [0.3, 0.4) is 0 Å². The van der Waals surface area contributed by atoms with Gasteiger partial charge in [0, 0.05) is 18.8 Å². The fraction of sp³-hybridized carbons (Fsp3) is 0.778. The van der Waals surface area contributed by atoms with E-state index in [2.05, 4.69) is 0 Å². The molecular formula is C9H15F2NS. The lowest BCUT2D eigenvalue weighted by molar-refractivity contribution is 0.0140. The third kappa shape index (κ3) is 3.65. The summed E-state index contributed by atoms with van der Waals surface area (Å²) < 4.78 is 25.5. The molecule has 1 rings (SSSR count). The van der Waals surface area contributed by atoms with Gasteiger partial charge in [0.25, 0.3) is 5.92 Å². The number of nitrogens with zero attached hydrogens (tertiary/aromatic N) is 1. The van der Waals surface area contributed by atoms with Gasteiger partial charge in [-0.2, -0.15) is 0 Å². The van der Waals surface area contributed by atoms with Crippen molar-refractivity contribution in [3.63, 3.8) is 0 Å². The molecule has 0 spiro atoms. The molecule has 1 aliphatic rings. The van der Waals surface area contributed by atoms with Crippen molar-refractivity contribution in [1.82, 2.24) is 4.90 Å². The van der Waals surface area contributed by atoms with E-state index in [1.165, 1.54) is 4.91 Å². The summed E-state index contributed by atoms with van der Waals surface area (Å²) in [6, 6.07) is 0. The van der Waals surface area contributed by atoms with Crippen molar-refractivity contribution >= 4 is 11.8 Å². The molecule has 0 atom stereocenters. The third-order valence-corrected chi connectivity index (χ3v) is 3.32. The Morgan fingerprint density at radius 3 is 2.77 bits per heavy atom. The van der Waals surface area contributed by atoms with Crippen LogP contribution in [-0.2, 0) is 0 Å². The maximum Gasteiger partial charge on any atom is 0.261 e. The van der Waals surface area contributed by atoms with Crippen LogP contribution >= 0.6 is 11.8 Å². The highest BCUT2D eigenvalue weighted by Gasteiger charge is 2.37. The van der Waals surface area contributed by atoms with Gasteiger partial charge in [-0.25, -0.2) is 8.78 Å². The zero-order valence-electron chi connectivity index (χ0n) is 8.02. The van der Waals surface area contributed by atoms with Gasteiger partial charge in [-0.05, 0) is 18.8 Å². The Labute approximate surface area is 82.2 Å². The average molecular weight is 207 g/mol. The van der Waals surface area contributed by atoms with Crippen molar-refractivity contribution in [1.29, 1.82) is 0 Å². The van der Waals surface area contributed by atoms with Crippen molar-refractivity contribution in [2.24, 2.45) is 0 Å². The van der Waals surface area contributed by atoms with Gasteiger partial charge in [-0.15, -0.1) is 11.8 Å². The van der Waals surface area contributed by atoms with E-state index in [4.69, 9.17) is 0 Å². The smallest absolute Gasteiger partial charge is 0.261 e. The van der Waals surface area contributed by atoms with Crippen LogP contribution in [-0.4, -0.2) is 29.8 Å². The SMILES string of the molecule is C/C=C(/C)SCN1CCC(F)(F)C1. The Bertz CT molecular complexity index is 204. The molecule has 1 heterocycles. The molecule has 1 aliphatic heterocycles. The van der Waals surface area contributed by atoms with Crippen LogP contribution in [0.2, 0.25) is 0 Å². The highest BCUT2D eigenvalue weighted by atomic mass is 32.2. The molecule has 1 nitrogen and oxygen atoms in total. The van der Waals surface area contributed by atoms with E-state index in [9.17, 15) is 8.78 Å². The van der Waals surface area contributed by atoms with Crippen LogP contribution in [0, 0.1) is 0 Å². The van der Waals surface area contributed by atoms with E-state index in [0.29, 0.717) is 12.4 Å². The summed E-state index contributed by atoms with van der Waals surface area (Å²) in [5.74, 6) is -1.77. The quantitative estimate of drug-likeness (QED) is 0.700. The summed E-state index contributed by atoms with van der Waals surface area (Å²) in [6.45, 7) is 4.41. The predicted molar refractivity (Wildman–Crippen MR) is 53.0 cm³/mol. The number of thioether (sulfide) groups is 1. The summed E-state index contributed by atoms with van der Waals surface area (Å²) in [7, 11) is 0. The van der Waals surface area contributed by atoms with Crippen LogP contribution in [0.5, 0.6) is 0 Å². The average Bonchev–Trinajstić information content (AvgIpc) is 2.41. The first kappa shape index (κ1) is 11.0. The summed E-state index contributed by atoms with van der Waals surface area (Å²) in [5, 5.41) is 0. The van der Waals surface area contributed by atoms with Gasteiger partial charge in [0.15, 0.2) is 0 Å². The Kier molecular flexibility index (Phi) is 3.74. The third-order valence-electron chi connectivity index (χ3n) is 2.13. The molecule has 1 fully saturated rings. The molecule has 0 aromatic carbocycles. The molecule has 0 aromatic heterocycles. The van der Waals surface area contributed by atoms with E-state index in [1.807, 2.05) is 19.9 Å². The molecule has 1 saturated heterocycles. The summed E-state index contributed by atoms with van der Waals surface area (Å²) in [4.78, 5) is 2.99. The topological polar surface area (TPSA) is 3.24 Å². The zero-order chi connectivity index (χ0) is 9.90. The fourth-order valence-corrected chi connectivity index (χ4v) is 1.97. The highest BCUT2D eigenvalue weighted by molar-refractivity contribution is 8.02. The van der Waals surface area contributed by atoms with Crippen molar-refractivity contribution in [2.75, 3.05) is 19.0 Å². The molecule has 0 saturated carbocycles. The first-order valence-electron chi connectivity index (χ1n) is 4.39. The van der Waals surface area contributed by atoms with Crippen LogP contribution in [0.15, 0.2) is 11.0 Å². The molecule has 0 unspecified atom stereocenters. The number of halogens is 2. The Morgan fingerprint density at radius 2 is 2.31 bits per heavy atom. The molecule has 13 heavy (non-hydrogen) atoms. The molecule has 0 aliphatic carbocycles. The number of rotatable bonds is 3. The van der Waals surface area contributed by atoms with Crippen LogP contribution in [0.25, 0.3) is 0 Å². The van der Waals surface area contributed by atoms with Gasteiger partial charge in [-0.3, -0.25) is 4.90 Å². The maximum absolute atomic E-state index is 12.7. The van der Waals surface area contributed by atoms with E-state index < -0.39 is 5.92 Å². The molecule has 0 bridgehead atoms. The Balaban J connectivity index is 2.25. The molecular weight excluding hydrogens is 192 g/mol.